The fourth-order valence-electron chi connectivity index (χ4n) is 2.15. The molecule has 0 spiro atoms. The summed E-state index contributed by atoms with van der Waals surface area (Å²) in [6, 6.07) is 15.0. The topological polar surface area (TPSA) is 38.8 Å². The predicted octanol–water partition coefficient (Wildman–Crippen LogP) is 4.69. The summed E-state index contributed by atoms with van der Waals surface area (Å²) >= 11 is 5.93. The van der Waals surface area contributed by atoms with Crippen LogP contribution >= 0.6 is 11.6 Å². The Kier molecular flexibility index (Phi) is 6.29. The van der Waals surface area contributed by atoms with Gasteiger partial charge >= 0.3 is 6.16 Å². The van der Waals surface area contributed by atoms with Crippen LogP contribution in [0.2, 0.25) is 5.02 Å². The van der Waals surface area contributed by atoms with Crippen LogP contribution in [0, 0.1) is 6.92 Å². The van der Waals surface area contributed by atoms with E-state index in [1.165, 1.54) is 0 Å². The first-order chi connectivity index (χ1) is 11.1. The third-order valence-corrected chi connectivity index (χ3v) is 3.84. The van der Waals surface area contributed by atoms with Crippen LogP contribution in [0.4, 0.5) is 10.5 Å². The molecule has 2 aromatic carbocycles. The van der Waals surface area contributed by atoms with E-state index in [9.17, 15) is 4.79 Å². The van der Waals surface area contributed by atoms with Crippen molar-refractivity contribution < 1.29 is 14.3 Å². The van der Waals surface area contributed by atoms with E-state index in [0.717, 1.165) is 17.8 Å². The molecule has 0 N–H and O–H groups in total. The number of halogens is 1. The van der Waals surface area contributed by atoms with Crippen molar-refractivity contribution in [1.29, 1.82) is 0 Å². The lowest BCUT2D eigenvalue weighted by molar-refractivity contribution is 0.101. The molecule has 0 saturated heterocycles. The Bertz CT molecular complexity index is 646. The molecule has 2 rings (SSSR count). The largest absolute Gasteiger partial charge is 0.513 e. The van der Waals surface area contributed by atoms with Gasteiger partial charge in [-0.05, 0) is 49.7 Å². The van der Waals surface area contributed by atoms with Crippen LogP contribution in [0.1, 0.15) is 12.5 Å². The molecule has 0 bridgehead atoms. The van der Waals surface area contributed by atoms with Crippen LogP contribution in [-0.4, -0.2) is 25.9 Å². The first kappa shape index (κ1) is 17.2. The number of hydrogen-bond acceptors (Lipinski definition) is 4. The molecular weight excluding hydrogens is 314 g/mol. The smallest absolute Gasteiger partial charge is 0.432 e. The summed E-state index contributed by atoms with van der Waals surface area (Å²) in [6.45, 7) is 5.60. The average Bonchev–Trinajstić information content (AvgIpc) is 2.56. The number of para-hydroxylation sites is 1. The van der Waals surface area contributed by atoms with E-state index in [-0.39, 0.29) is 6.61 Å². The second-order valence-corrected chi connectivity index (χ2v) is 5.43. The van der Waals surface area contributed by atoms with Gasteiger partial charge in [-0.3, -0.25) is 0 Å². The lowest BCUT2D eigenvalue weighted by Gasteiger charge is -2.22. The molecule has 0 saturated carbocycles. The summed E-state index contributed by atoms with van der Waals surface area (Å²) in [4.78, 5) is 13.8. The van der Waals surface area contributed by atoms with Crippen molar-refractivity contribution in [2.45, 2.75) is 13.8 Å². The third-order valence-electron chi connectivity index (χ3n) is 3.41. The number of benzene rings is 2. The van der Waals surface area contributed by atoms with Gasteiger partial charge in [-0.25, -0.2) is 4.79 Å². The lowest BCUT2D eigenvalue weighted by Crippen LogP contribution is -2.28. The Hall–Kier alpha value is -2.20. The number of nitrogens with zero attached hydrogens (tertiary/aromatic N) is 1. The van der Waals surface area contributed by atoms with Crippen molar-refractivity contribution in [3.63, 3.8) is 0 Å². The van der Waals surface area contributed by atoms with Gasteiger partial charge in [-0.2, -0.15) is 0 Å². The van der Waals surface area contributed by atoms with Gasteiger partial charge in [0, 0.05) is 17.3 Å². The molecule has 0 amide bonds. The Morgan fingerprint density at radius 3 is 2.57 bits per heavy atom. The van der Waals surface area contributed by atoms with Crippen molar-refractivity contribution >= 4 is 23.4 Å². The molecule has 0 aromatic heterocycles. The minimum Gasteiger partial charge on any atom is -0.432 e. The molecule has 23 heavy (non-hydrogen) atoms. The normalized spacial score (nSPS) is 10.2. The van der Waals surface area contributed by atoms with E-state index in [0.29, 0.717) is 17.3 Å². The summed E-state index contributed by atoms with van der Waals surface area (Å²) < 4.78 is 10.3. The predicted molar refractivity (Wildman–Crippen MR) is 92.5 cm³/mol. The molecule has 0 atom stereocenters. The van der Waals surface area contributed by atoms with E-state index >= 15 is 0 Å². The lowest BCUT2D eigenvalue weighted by atomic mass is 10.2. The maximum absolute atomic E-state index is 11.7. The molecule has 0 aliphatic rings. The Morgan fingerprint density at radius 2 is 1.91 bits per heavy atom. The van der Waals surface area contributed by atoms with Gasteiger partial charge in [0.15, 0.2) is 0 Å². The average molecular weight is 334 g/mol. The van der Waals surface area contributed by atoms with Crippen LogP contribution in [0.5, 0.6) is 5.75 Å². The van der Waals surface area contributed by atoms with E-state index in [1.807, 2.05) is 37.3 Å². The van der Waals surface area contributed by atoms with Gasteiger partial charge < -0.3 is 14.4 Å². The van der Waals surface area contributed by atoms with E-state index in [4.69, 9.17) is 21.1 Å². The van der Waals surface area contributed by atoms with Crippen LogP contribution < -0.4 is 9.64 Å². The highest BCUT2D eigenvalue weighted by molar-refractivity contribution is 6.31. The Labute approximate surface area is 141 Å². The third kappa shape index (κ3) is 5.18. The van der Waals surface area contributed by atoms with Crippen LogP contribution in [0.15, 0.2) is 48.5 Å². The van der Waals surface area contributed by atoms with Gasteiger partial charge in [-0.15, -0.1) is 0 Å². The number of rotatable bonds is 6. The number of carbonyl (C=O) groups is 1. The van der Waals surface area contributed by atoms with E-state index in [2.05, 4.69) is 11.8 Å². The van der Waals surface area contributed by atoms with Crippen LogP contribution in [0.25, 0.3) is 0 Å². The molecule has 0 aliphatic heterocycles. The second kappa shape index (κ2) is 8.44. The molecule has 0 unspecified atom stereocenters. The molecule has 2 aromatic rings. The Morgan fingerprint density at radius 1 is 1.17 bits per heavy atom. The minimum absolute atomic E-state index is 0.258. The zero-order valence-electron chi connectivity index (χ0n) is 13.3. The van der Waals surface area contributed by atoms with Crippen LogP contribution in [-0.2, 0) is 4.74 Å². The SMILES string of the molecule is CCN(CCOC(=O)Oc1ccc(Cl)c(C)c1)c1ccccc1. The summed E-state index contributed by atoms with van der Waals surface area (Å²) in [5, 5.41) is 0.632. The van der Waals surface area contributed by atoms with Gasteiger partial charge in [0.1, 0.15) is 12.4 Å². The number of aryl methyl sites for hydroxylation is 1. The summed E-state index contributed by atoms with van der Waals surface area (Å²) in [6.07, 6.45) is -0.712. The van der Waals surface area contributed by atoms with Crippen molar-refractivity contribution in [1.82, 2.24) is 0 Å². The standard InChI is InChI=1S/C18H20ClNO3/c1-3-20(15-7-5-4-6-8-15)11-12-22-18(21)23-16-9-10-17(19)14(2)13-16/h4-10,13H,3,11-12H2,1-2H3. The highest BCUT2D eigenvalue weighted by atomic mass is 35.5. The zero-order valence-corrected chi connectivity index (χ0v) is 14.0. The minimum atomic E-state index is -0.712. The first-order valence-electron chi connectivity index (χ1n) is 7.51. The molecule has 5 heteroatoms. The van der Waals surface area contributed by atoms with Crippen molar-refractivity contribution in [3.8, 4) is 5.75 Å². The molecule has 0 aliphatic carbocycles. The second-order valence-electron chi connectivity index (χ2n) is 5.03. The Balaban J connectivity index is 1.81. The zero-order chi connectivity index (χ0) is 16.7. The highest BCUT2D eigenvalue weighted by Gasteiger charge is 2.09. The molecule has 0 fully saturated rings. The number of anilines is 1. The van der Waals surface area contributed by atoms with Crippen molar-refractivity contribution in [2.75, 3.05) is 24.6 Å². The fourth-order valence-corrected chi connectivity index (χ4v) is 2.27. The highest BCUT2D eigenvalue weighted by Crippen LogP contribution is 2.21. The van der Waals surface area contributed by atoms with Gasteiger partial charge in [0.05, 0.1) is 6.54 Å². The maximum atomic E-state index is 11.7. The fraction of sp³-hybridized carbons (Fsp3) is 0.278. The van der Waals surface area contributed by atoms with Gasteiger partial charge in [0.25, 0.3) is 0 Å². The maximum Gasteiger partial charge on any atom is 0.513 e. The van der Waals surface area contributed by atoms with Crippen molar-refractivity contribution in [2.24, 2.45) is 0 Å². The molecule has 122 valence electrons. The quantitative estimate of drug-likeness (QED) is 0.568. The molecular formula is C18H20ClNO3. The van der Waals surface area contributed by atoms with Crippen LogP contribution in [0.3, 0.4) is 0 Å². The van der Waals surface area contributed by atoms with Crippen molar-refractivity contribution in [3.05, 3.63) is 59.1 Å². The summed E-state index contributed by atoms with van der Waals surface area (Å²) in [5.74, 6) is 0.423. The summed E-state index contributed by atoms with van der Waals surface area (Å²) in [5.41, 5.74) is 1.94. The first-order valence-corrected chi connectivity index (χ1v) is 7.88. The molecule has 4 nitrogen and oxygen atoms in total. The van der Waals surface area contributed by atoms with E-state index < -0.39 is 6.16 Å². The number of likely N-dealkylation sites (N-methyl/N-ethyl adjacent to an activating group) is 1. The van der Waals surface area contributed by atoms with Gasteiger partial charge in [-0.1, -0.05) is 29.8 Å². The monoisotopic (exact) mass is 333 g/mol. The number of ether oxygens (including phenoxy) is 2. The van der Waals surface area contributed by atoms with Gasteiger partial charge in [0.2, 0.25) is 0 Å². The summed E-state index contributed by atoms with van der Waals surface area (Å²) in [7, 11) is 0. The molecule has 0 radical (unpaired) electrons. The number of hydrogen-bond donors (Lipinski definition) is 0. The number of carbonyl (C=O) groups excluding carboxylic acids is 1. The molecule has 0 heterocycles. The van der Waals surface area contributed by atoms with E-state index in [1.54, 1.807) is 18.2 Å².